The fraction of sp³-hybridized carbons (Fsp3) is 0.692. The molecule has 0 rings (SSSR count). The van der Waals surface area contributed by atoms with Crippen LogP contribution in [0.4, 0.5) is 0 Å². The predicted octanol–water partition coefficient (Wildman–Crippen LogP) is 5.85. The van der Waals surface area contributed by atoms with Crippen LogP contribution in [0.15, 0.2) is 24.8 Å². The standard InChI is InChI=1S/C4H8.C3H6.3C2H6/c1-3-4-2;1-3-2;3*1-2/h3-4H,1-2H3;3H,1H2,2H3;3*1-2H3/b4-3-;;;;. The van der Waals surface area contributed by atoms with Gasteiger partial charge in [-0.05, 0) is 20.8 Å². The van der Waals surface area contributed by atoms with Gasteiger partial charge in [-0.3, -0.25) is 0 Å². The molecular weight excluding hydrogens is 156 g/mol. The summed E-state index contributed by atoms with van der Waals surface area (Å²) in [5, 5.41) is 0. The predicted molar refractivity (Wildman–Crippen MR) is 70.4 cm³/mol. The number of allylic oxidation sites excluding steroid dienone is 3. The largest absolute Gasteiger partial charge is 0.103 e. The van der Waals surface area contributed by atoms with Gasteiger partial charge in [0.05, 0.1) is 0 Å². The molecule has 0 aromatic rings. The van der Waals surface area contributed by atoms with Gasteiger partial charge in [-0.15, -0.1) is 6.58 Å². The Morgan fingerprint density at radius 3 is 0.692 bits per heavy atom. The summed E-state index contributed by atoms with van der Waals surface area (Å²) in [5.41, 5.74) is 0. The maximum absolute atomic E-state index is 3.36. The van der Waals surface area contributed by atoms with Gasteiger partial charge in [0.25, 0.3) is 0 Å². The molecule has 0 aliphatic carbocycles. The Hall–Kier alpha value is -0.520. The fourth-order valence-corrected chi connectivity index (χ4v) is 0. The van der Waals surface area contributed by atoms with Gasteiger partial charge >= 0.3 is 0 Å². The van der Waals surface area contributed by atoms with Crippen LogP contribution in [0.3, 0.4) is 0 Å². The highest BCUT2D eigenvalue weighted by molar-refractivity contribution is 4.68. The number of hydrogen-bond donors (Lipinski definition) is 0. The topological polar surface area (TPSA) is 0 Å². The van der Waals surface area contributed by atoms with E-state index in [9.17, 15) is 0 Å². The van der Waals surface area contributed by atoms with E-state index in [-0.39, 0.29) is 0 Å². The van der Waals surface area contributed by atoms with Crippen molar-refractivity contribution in [2.75, 3.05) is 0 Å². The van der Waals surface area contributed by atoms with Crippen molar-refractivity contribution in [1.82, 2.24) is 0 Å². The van der Waals surface area contributed by atoms with Crippen molar-refractivity contribution in [2.24, 2.45) is 0 Å². The van der Waals surface area contributed by atoms with Crippen LogP contribution in [0.5, 0.6) is 0 Å². The van der Waals surface area contributed by atoms with Gasteiger partial charge in [-0.2, -0.15) is 0 Å². The molecule has 84 valence electrons. The summed E-state index contributed by atoms with van der Waals surface area (Å²) in [6, 6.07) is 0. The highest BCUT2D eigenvalue weighted by Gasteiger charge is 1.34. The van der Waals surface area contributed by atoms with Gasteiger partial charge in [0, 0.05) is 0 Å². The Morgan fingerprint density at radius 1 is 0.615 bits per heavy atom. The minimum Gasteiger partial charge on any atom is -0.103 e. The molecule has 13 heavy (non-hydrogen) atoms. The Morgan fingerprint density at radius 2 is 0.692 bits per heavy atom. The van der Waals surface area contributed by atoms with Crippen molar-refractivity contribution in [3.05, 3.63) is 24.8 Å². The number of hydrogen-bond acceptors (Lipinski definition) is 0. The van der Waals surface area contributed by atoms with Crippen molar-refractivity contribution < 1.29 is 0 Å². The minimum absolute atomic E-state index is 1.75. The first-order valence-electron chi connectivity index (χ1n) is 5.47. The normalized spacial score (nSPS) is 5.31. The second kappa shape index (κ2) is 205. The lowest BCUT2D eigenvalue weighted by Gasteiger charge is -1.49. The summed E-state index contributed by atoms with van der Waals surface area (Å²) in [5.74, 6) is 0. The van der Waals surface area contributed by atoms with E-state index >= 15 is 0 Å². The van der Waals surface area contributed by atoms with Crippen molar-refractivity contribution in [1.29, 1.82) is 0 Å². The average Bonchev–Trinajstić information content (AvgIpc) is 2.27. The molecule has 0 bridgehead atoms. The molecule has 0 N–H and O–H groups in total. The highest BCUT2D eigenvalue weighted by atomic mass is 13.4. The first-order chi connectivity index (χ1) is 6.33. The van der Waals surface area contributed by atoms with Crippen LogP contribution in [-0.2, 0) is 0 Å². The molecule has 0 heterocycles. The van der Waals surface area contributed by atoms with Crippen LogP contribution >= 0.6 is 0 Å². The van der Waals surface area contributed by atoms with Gasteiger partial charge in [0.1, 0.15) is 0 Å². The third kappa shape index (κ3) is 4480. The van der Waals surface area contributed by atoms with Crippen LogP contribution in [0.2, 0.25) is 0 Å². The first-order valence-corrected chi connectivity index (χ1v) is 5.47. The summed E-state index contributed by atoms with van der Waals surface area (Å²) in [6.07, 6.45) is 5.75. The Balaban J connectivity index is -0.0000000215. The van der Waals surface area contributed by atoms with Crippen molar-refractivity contribution >= 4 is 0 Å². The number of rotatable bonds is 0. The summed E-state index contributed by atoms with van der Waals surface area (Å²) >= 11 is 0. The molecule has 0 amide bonds. The molecule has 0 saturated heterocycles. The van der Waals surface area contributed by atoms with Gasteiger partial charge < -0.3 is 0 Å². The van der Waals surface area contributed by atoms with E-state index in [2.05, 4.69) is 6.58 Å². The monoisotopic (exact) mass is 188 g/mol. The molecule has 0 saturated carbocycles. The van der Waals surface area contributed by atoms with Gasteiger partial charge in [0.15, 0.2) is 0 Å². The summed E-state index contributed by atoms with van der Waals surface area (Å²) in [6.45, 7) is 21.2. The zero-order chi connectivity index (χ0) is 12.1. The lowest BCUT2D eigenvalue weighted by molar-refractivity contribution is 1.50. The second-order valence-corrected chi connectivity index (χ2v) is 1.07. The summed E-state index contributed by atoms with van der Waals surface area (Å²) in [7, 11) is 0. The second-order valence-electron chi connectivity index (χ2n) is 1.07. The Labute approximate surface area is 87.8 Å². The molecule has 0 spiro atoms. The third-order valence-corrected chi connectivity index (χ3v) is 0.333. The molecule has 0 aliphatic rings. The lowest BCUT2D eigenvalue weighted by atomic mass is 10.6. The third-order valence-electron chi connectivity index (χ3n) is 0.333. The molecule has 0 atom stereocenters. The highest BCUT2D eigenvalue weighted by Crippen LogP contribution is 1.57. The van der Waals surface area contributed by atoms with E-state index in [1.54, 1.807) is 6.08 Å². The molecule has 0 nitrogen and oxygen atoms in total. The quantitative estimate of drug-likeness (QED) is 0.418. The zero-order valence-electron chi connectivity index (χ0n) is 11.4. The fourth-order valence-electron chi connectivity index (χ4n) is 0. The SMILES string of the molecule is C/C=C\C.C=CC.CC.CC.CC. The van der Waals surface area contributed by atoms with Gasteiger partial charge in [-0.1, -0.05) is 59.8 Å². The Bertz CT molecular complexity index is 38.0. The van der Waals surface area contributed by atoms with Crippen LogP contribution in [0, 0.1) is 0 Å². The maximum atomic E-state index is 3.36. The maximum Gasteiger partial charge on any atom is -0.0470 e. The van der Waals surface area contributed by atoms with Crippen LogP contribution < -0.4 is 0 Å². The van der Waals surface area contributed by atoms with E-state index in [0.29, 0.717) is 0 Å². The molecule has 0 fully saturated rings. The summed E-state index contributed by atoms with van der Waals surface area (Å²) in [4.78, 5) is 0. The van der Waals surface area contributed by atoms with Gasteiger partial charge in [-0.25, -0.2) is 0 Å². The van der Waals surface area contributed by atoms with E-state index < -0.39 is 0 Å². The molecule has 0 aromatic heterocycles. The minimum atomic E-state index is 1.75. The Kier molecular flexibility index (Phi) is 464. The van der Waals surface area contributed by atoms with E-state index in [1.165, 1.54) is 0 Å². The molecular formula is C13H32. The molecule has 0 aromatic carbocycles. The smallest absolute Gasteiger partial charge is 0.0470 e. The zero-order valence-corrected chi connectivity index (χ0v) is 11.4. The van der Waals surface area contributed by atoms with Crippen LogP contribution in [0.25, 0.3) is 0 Å². The molecule has 0 aliphatic heterocycles. The van der Waals surface area contributed by atoms with Crippen LogP contribution in [-0.4, -0.2) is 0 Å². The molecule has 0 radical (unpaired) electrons. The molecule has 0 unspecified atom stereocenters. The van der Waals surface area contributed by atoms with Crippen molar-refractivity contribution in [2.45, 2.75) is 62.3 Å². The van der Waals surface area contributed by atoms with Crippen molar-refractivity contribution in [3.63, 3.8) is 0 Å². The average molecular weight is 188 g/mol. The summed E-state index contributed by atoms with van der Waals surface area (Å²) < 4.78 is 0. The first kappa shape index (κ1) is 29.4. The molecule has 0 heteroatoms. The van der Waals surface area contributed by atoms with E-state index in [0.717, 1.165) is 0 Å². The lowest BCUT2D eigenvalue weighted by Crippen LogP contribution is -1.26. The van der Waals surface area contributed by atoms with Crippen LogP contribution in [0.1, 0.15) is 62.3 Å². The van der Waals surface area contributed by atoms with E-state index in [4.69, 9.17) is 0 Å². The van der Waals surface area contributed by atoms with Crippen molar-refractivity contribution in [3.8, 4) is 0 Å². The van der Waals surface area contributed by atoms with E-state index in [1.807, 2.05) is 74.5 Å². The van der Waals surface area contributed by atoms with Gasteiger partial charge in [0.2, 0.25) is 0 Å².